The number of thiazole rings is 1. The Labute approximate surface area is 105 Å². The molecule has 3 heteroatoms. The fourth-order valence-electron chi connectivity index (χ4n) is 1.48. The van der Waals surface area contributed by atoms with Gasteiger partial charge in [-0.2, -0.15) is 0 Å². The first-order valence-electron chi connectivity index (χ1n) is 5.54. The SMILES string of the molecule is CC(C)(C)C(=O)c1csc(-c2ccccc2)n1. The van der Waals surface area contributed by atoms with E-state index in [2.05, 4.69) is 4.98 Å². The summed E-state index contributed by atoms with van der Waals surface area (Å²) in [5, 5.41) is 2.74. The third-order valence-electron chi connectivity index (χ3n) is 2.44. The van der Waals surface area contributed by atoms with E-state index in [9.17, 15) is 4.79 Å². The molecule has 0 spiro atoms. The Morgan fingerprint density at radius 3 is 2.41 bits per heavy atom. The summed E-state index contributed by atoms with van der Waals surface area (Å²) in [5.74, 6) is 0.0935. The number of carbonyl (C=O) groups is 1. The maximum atomic E-state index is 12.1. The second-order valence-corrected chi connectivity index (χ2v) is 5.84. The first kappa shape index (κ1) is 12.0. The smallest absolute Gasteiger partial charge is 0.187 e. The summed E-state index contributed by atoms with van der Waals surface area (Å²) in [4.78, 5) is 16.5. The highest BCUT2D eigenvalue weighted by Crippen LogP contribution is 2.27. The minimum Gasteiger partial charge on any atom is -0.292 e. The molecule has 88 valence electrons. The Bertz CT molecular complexity index is 523. The zero-order chi connectivity index (χ0) is 12.5. The first-order valence-corrected chi connectivity index (χ1v) is 6.42. The Hall–Kier alpha value is -1.48. The molecule has 1 heterocycles. The average Bonchev–Trinajstić information content (AvgIpc) is 2.77. The Kier molecular flexibility index (Phi) is 3.11. The van der Waals surface area contributed by atoms with E-state index < -0.39 is 0 Å². The van der Waals surface area contributed by atoms with E-state index in [1.807, 2.05) is 56.5 Å². The number of aromatic nitrogens is 1. The van der Waals surface area contributed by atoms with E-state index in [4.69, 9.17) is 0 Å². The van der Waals surface area contributed by atoms with Crippen LogP contribution in [0.25, 0.3) is 10.6 Å². The lowest BCUT2D eigenvalue weighted by Gasteiger charge is -2.14. The van der Waals surface area contributed by atoms with E-state index in [-0.39, 0.29) is 11.2 Å². The number of hydrogen-bond acceptors (Lipinski definition) is 3. The summed E-state index contributed by atoms with van der Waals surface area (Å²) in [5.41, 5.74) is 1.26. The second kappa shape index (κ2) is 4.41. The molecule has 2 nitrogen and oxygen atoms in total. The number of rotatable bonds is 2. The molecule has 0 amide bonds. The van der Waals surface area contributed by atoms with Crippen molar-refractivity contribution in [3.05, 3.63) is 41.4 Å². The van der Waals surface area contributed by atoms with Crippen LogP contribution in [0.15, 0.2) is 35.7 Å². The van der Waals surface area contributed by atoms with Gasteiger partial charge < -0.3 is 0 Å². The van der Waals surface area contributed by atoms with Crippen molar-refractivity contribution >= 4 is 17.1 Å². The van der Waals surface area contributed by atoms with Crippen molar-refractivity contribution in [3.63, 3.8) is 0 Å². The molecular formula is C14H15NOS. The predicted octanol–water partition coefficient (Wildman–Crippen LogP) is 4.04. The molecule has 17 heavy (non-hydrogen) atoms. The van der Waals surface area contributed by atoms with Gasteiger partial charge >= 0.3 is 0 Å². The zero-order valence-electron chi connectivity index (χ0n) is 10.2. The van der Waals surface area contributed by atoms with Gasteiger partial charge in [0.25, 0.3) is 0 Å². The lowest BCUT2D eigenvalue weighted by atomic mass is 9.89. The molecule has 0 aliphatic carbocycles. The molecule has 0 aliphatic heterocycles. The molecule has 0 unspecified atom stereocenters. The van der Waals surface area contributed by atoms with Gasteiger partial charge in [-0.05, 0) is 0 Å². The summed E-state index contributed by atoms with van der Waals surface area (Å²) in [6, 6.07) is 9.93. The molecule has 0 radical (unpaired) electrons. The highest BCUT2D eigenvalue weighted by atomic mass is 32.1. The normalized spacial score (nSPS) is 11.5. The van der Waals surface area contributed by atoms with Crippen molar-refractivity contribution in [1.82, 2.24) is 4.98 Å². The van der Waals surface area contributed by atoms with Gasteiger partial charge in [0.05, 0.1) is 0 Å². The molecule has 0 aliphatic rings. The molecule has 2 rings (SSSR count). The van der Waals surface area contributed by atoms with Crippen LogP contribution in [0.1, 0.15) is 31.3 Å². The molecule has 0 saturated heterocycles. The van der Waals surface area contributed by atoms with E-state index in [0.29, 0.717) is 5.69 Å². The van der Waals surface area contributed by atoms with Gasteiger partial charge in [0.2, 0.25) is 0 Å². The van der Waals surface area contributed by atoms with Crippen LogP contribution in [-0.4, -0.2) is 10.8 Å². The molecule has 0 saturated carbocycles. The van der Waals surface area contributed by atoms with Gasteiger partial charge in [0.15, 0.2) is 5.78 Å². The van der Waals surface area contributed by atoms with Crippen molar-refractivity contribution in [2.24, 2.45) is 5.41 Å². The van der Waals surface area contributed by atoms with E-state index >= 15 is 0 Å². The fraction of sp³-hybridized carbons (Fsp3) is 0.286. The van der Waals surface area contributed by atoms with Crippen LogP contribution in [0.4, 0.5) is 0 Å². The van der Waals surface area contributed by atoms with Crippen LogP contribution in [0.3, 0.4) is 0 Å². The number of benzene rings is 1. The standard InChI is InChI=1S/C14H15NOS/c1-14(2,3)12(16)11-9-17-13(15-11)10-7-5-4-6-8-10/h4-9H,1-3H3. The van der Waals surface area contributed by atoms with Crippen molar-refractivity contribution in [2.75, 3.05) is 0 Å². The predicted molar refractivity (Wildman–Crippen MR) is 71.3 cm³/mol. The van der Waals surface area contributed by atoms with Crippen LogP contribution in [0.5, 0.6) is 0 Å². The summed E-state index contributed by atoms with van der Waals surface area (Å²) >= 11 is 1.52. The number of carbonyl (C=O) groups excluding carboxylic acids is 1. The maximum Gasteiger partial charge on any atom is 0.187 e. The number of Topliss-reactive ketones (excluding diaryl/α,β-unsaturated/α-hetero) is 1. The summed E-state index contributed by atoms with van der Waals surface area (Å²) in [6.07, 6.45) is 0. The molecule has 0 N–H and O–H groups in total. The molecule has 2 aromatic rings. The fourth-order valence-corrected chi connectivity index (χ4v) is 2.28. The topological polar surface area (TPSA) is 30.0 Å². The molecule has 0 fully saturated rings. The van der Waals surface area contributed by atoms with Gasteiger partial charge in [-0.1, -0.05) is 51.1 Å². The van der Waals surface area contributed by atoms with Crippen molar-refractivity contribution in [3.8, 4) is 10.6 Å². The molecule has 1 aromatic heterocycles. The van der Waals surface area contributed by atoms with Gasteiger partial charge in [-0.15, -0.1) is 11.3 Å². The molecular weight excluding hydrogens is 230 g/mol. The highest BCUT2D eigenvalue weighted by Gasteiger charge is 2.25. The van der Waals surface area contributed by atoms with Gasteiger partial charge in [0.1, 0.15) is 10.7 Å². The summed E-state index contributed by atoms with van der Waals surface area (Å²) in [7, 11) is 0. The third-order valence-corrected chi connectivity index (χ3v) is 3.33. The Morgan fingerprint density at radius 1 is 1.18 bits per heavy atom. The number of hydrogen-bond donors (Lipinski definition) is 0. The molecule has 0 bridgehead atoms. The Morgan fingerprint density at radius 2 is 1.82 bits per heavy atom. The van der Waals surface area contributed by atoms with Crippen molar-refractivity contribution in [1.29, 1.82) is 0 Å². The van der Waals surface area contributed by atoms with Gasteiger partial charge in [0, 0.05) is 16.4 Å². The first-order chi connectivity index (χ1) is 7.98. The molecule has 1 aromatic carbocycles. The summed E-state index contributed by atoms with van der Waals surface area (Å²) in [6.45, 7) is 5.74. The van der Waals surface area contributed by atoms with Crippen LogP contribution < -0.4 is 0 Å². The second-order valence-electron chi connectivity index (χ2n) is 4.98. The van der Waals surface area contributed by atoms with Crippen LogP contribution >= 0.6 is 11.3 Å². The van der Waals surface area contributed by atoms with Gasteiger partial charge in [-0.25, -0.2) is 4.98 Å². The third kappa shape index (κ3) is 2.61. The number of nitrogens with zero attached hydrogens (tertiary/aromatic N) is 1. The Balaban J connectivity index is 2.32. The maximum absolute atomic E-state index is 12.1. The lowest BCUT2D eigenvalue weighted by molar-refractivity contribution is 0.0854. The highest BCUT2D eigenvalue weighted by molar-refractivity contribution is 7.13. The van der Waals surface area contributed by atoms with Crippen molar-refractivity contribution in [2.45, 2.75) is 20.8 Å². The van der Waals surface area contributed by atoms with E-state index in [0.717, 1.165) is 10.6 Å². The van der Waals surface area contributed by atoms with E-state index in [1.165, 1.54) is 11.3 Å². The van der Waals surface area contributed by atoms with Crippen LogP contribution in [0, 0.1) is 5.41 Å². The zero-order valence-corrected chi connectivity index (χ0v) is 11.0. The lowest BCUT2D eigenvalue weighted by Crippen LogP contribution is -2.20. The number of ketones is 1. The monoisotopic (exact) mass is 245 g/mol. The van der Waals surface area contributed by atoms with Crippen LogP contribution in [-0.2, 0) is 0 Å². The van der Waals surface area contributed by atoms with Gasteiger partial charge in [-0.3, -0.25) is 4.79 Å². The van der Waals surface area contributed by atoms with Crippen LogP contribution in [0.2, 0.25) is 0 Å². The quantitative estimate of drug-likeness (QED) is 0.747. The summed E-state index contributed by atoms with van der Waals surface area (Å²) < 4.78 is 0. The van der Waals surface area contributed by atoms with E-state index in [1.54, 1.807) is 0 Å². The minimum absolute atomic E-state index is 0.0935. The average molecular weight is 245 g/mol. The minimum atomic E-state index is -0.373. The molecule has 0 atom stereocenters. The largest absolute Gasteiger partial charge is 0.292 e. The van der Waals surface area contributed by atoms with Crippen molar-refractivity contribution < 1.29 is 4.79 Å².